The molecule has 2 aliphatic rings. The van der Waals surface area contributed by atoms with E-state index in [1.807, 2.05) is 24.3 Å². The van der Waals surface area contributed by atoms with Crippen molar-refractivity contribution in [2.45, 2.75) is 25.1 Å². The molecule has 7 rings (SSSR count). The van der Waals surface area contributed by atoms with Gasteiger partial charge in [0.1, 0.15) is 24.1 Å². The molecule has 2 atom stereocenters. The van der Waals surface area contributed by atoms with E-state index in [1.54, 1.807) is 15.8 Å². The van der Waals surface area contributed by atoms with Gasteiger partial charge in [0.2, 0.25) is 0 Å². The highest BCUT2D eigenvalue weighted by Crippen LogP contribution is 2.31. The van der Waals surface area contributed by atoms with Gasteiger partial charge in [0, 0.05) is 43.2 Å². The zero-order chi connectivity index (χ0) is 30.0. The van der Waals surface area contributed by atoms with Crippen LogP contribution in [-0.2, 0) is 16.0 Å². The van der Waals surface area contributed by atoms with Crippen molar-refractivity contribution in [2.75, 3.05) is 38.2 Å². The highest BCUT2D eigenvalue weighted by molar-refractivity contribution is 7.20. The first-order valence-electron chi connectivity index (χ1n) is 14.2. The molecule has 2 aromatic carbocycles. The third kappa shape index (κ3) is 6.19. The SMILES string of the molecule is O=C(O[C@H]1CN[C@H](C#Cc2cc3ncnc(Nc4ccc5c(cnn5Cc5cc(F)cc(F)c5)c4)c3s2)C1)N1CCOCC1. The fraction of sp³-hybridized carbons (Fsp3) is 0.290. The van der Waals surface area contributed by atoms with Crippen LogP contribution in [-0.4, -0.2) is 75.7 Å². The van der Waals surface area contributed by atoms with Crippen LogP contribution in [0.25, 0.3) is 21.1 Å². The Labute approximate surface area is 255 Å². The lowest BCUT2D eigenvalue weighted by Gasteiger charge is -2.27. The van der Waals surface area contributed by atoms with E-state index in [1.165, 1.54) is 29.8 Å². The molecule has 2 fully saturated rings. The lowest BCUT2D eigenvalue weighted by molar-refractivity contribution is 0.0156. The van der Waals surface area contributed by atoms with E-state index < -0.39 is 11.6 Å². The van der Waals surface area contributed by atoms with Crippen LogP contribution < -0.4 is 10.6 Å². The number of carbonyl (C=O) groups excluding carboxylic acids is 1. The number of carbonyl (C=O) groups is 1. The first kappa shape index (κ1) is 28.1. The third-order valence-electron chi connectivity index (χ3n) is 7.47. The summed E-state index contributed by atoms with van der Waals surface area (Å²) < 4.78 is 40.8. The molecule has 5 aromatic rings. The van der Waals surface area contributed by atoms with Crippen molar-refractivity contribution in [2.24, 2.45) is 0 Å². The van der Waals surface area contributed by atoms with Gasteiger partial charge in [0.15, 0.2) is 5.82 Å². The molecule has 2 saturated heterocycles. The van der Waals surface area contributed by atoms with Crippen LogP contribution in [0.1, 0.15) is 16.9 Å². The molecule has 3 aromatic heterocycles. The number of nitrogens with zero attached hydrogens (tertiary/aromatic N) is 5. The van der Waals surface area contributed by atoms with Gasteiger partial charge in [0.05, 0.1) is 52.6 Å². The average molecular weight is 616 g/mol. The number of rotatable bonds is 5. The van der Waals surface area contributed by atoms with Crippen molar-refractivity contribution in [3.05, 3.63) is 77.1 Å². The number of halogens is 2. The number of anilines is 2. The Hall–Kier alpha value is -4.64. The maximum absolute atomic E-state index is 13.6. The number of benzene rings is 2. The van der Waals surface area contributed by atoms with Gasteiger partial charge in [-0.15, -0.1) is 11.3 Å². The summed E-state index contributed by atoms with van der Waals surface area (Å²) in [4.78, 5) is 23.8. The number of hydrogen-bond acceptors (Lipinski definition) is 9. The van der Waals surface area contributed by atoms with Gasteiger partial charge in [-0.25, -0.2) is 23.5 Å². The maximum Gasteiger partial charge on any atom is 0.410 e. The minimum absolute atomic E-state index is 0.0843. The predicted octanol–water partition coefficient (Wildman–Crippen LogP) is 4.66. The fourth-order valence-corrected chi connectivity index (χ4v) is 6.25. The normalized spacial score (nSPS) is 18.4. The Morgan fingerprint density at radius 3 is 2.82 bits per heavy atom. The standard InChI is InChI=1S/C31H27F2N7O3S/c32-21-9-19(10-22(33)12-21)17-40-28-4-2-24(11-20(28)15-37-40)38-30-29-27(35-18-36-30)14-26(44-29)3-1-23-13-25(16-34-23)43-31(41)39-5-7-42-8-6-39/h2,4,9-12,14-15,18,23,25,34H,5-8,13,16-17H2,(H,35,36,38)/t23-,25-/m1/s1. The summed E-state index contributed by atoms with van der Waals surface area (Å²) in [5.41, 5.74) is 2.92. The molecular weight excluding hydrogens is 588 g/mol. The number of morpholine rings is 1. The predicted molar refractivity (Wildman–Crippen MR) is 162 cm³/mol. The number of ether oxygens (including phenoxy) is 2. The van der Waals surface area contributed by atoms with Crippen molar-refractivity contribution in [3.8, 4) is 11.8 Å². The zero-order valence-corrected chi connectivity index (χ0v) is 24.2. The van der Waals surface area contributed by atoms with E-state index in [-0.39, 0.29) is 24.8 Å². The van der Waals surface area contributed by atoms with E-state index >= 15 is 0 Å². The topological polar surface area (TPSA) is 106 Å². The molecule has 0 unspecified atom stereocenters. The monoisotopic (exact) mass is 615 g/mol. The summed E-state index contributed by atoms with van der Waals surface area (Å²) in [6, 6.07) is 11.1. The van der Waals surface area contributed by atoms with Gasteiger partial charge in [-0.05, 0) is 42.0 Å². The van der Waals surface area contributed by atoms with Gasteiger partial charge in [-0.1, -0.05) is 11.8 Å². The zero-order valence-electron chi connectivity index (χ0n) is 23.4. The summed E-state index contributed by atoms with van der Waals surface area (Å²) in [6.45, 7) is 2.98. The Balaban J connectivity index is 1.02. The van der Waals surface area contributed by atoms with Crippen LogP contribution in [0, 0.1) is 23.5 Å². The Bertz CT molecular complexity index is 1890. The van der Waals surface area contributed by atoms with Crippen LogP contribution >= 0.6 is 11.3 Å². The van der Waals surface area contributed by atoms with Gasteiger partial charge >= 0.3 is 6.09 Å². The highest BCUT2D eigenvalue weighted by Gasteiger charge is 2.28. The average Bonchev–Trinajstić information content (AvgIpc) is 3.75. The molecule has 0 aliphatic carbocycles. The van der Waals surface area contributed by atoms with Gasteiger partial charge in [-0.3, -0.25) is 10.00 Å². The van der Waals surface area contributed by atoms with Crippen molar-refractivity contribution in [3.63, 3.8) is 0 Å². The largest absolute Gasteiger partial charge is 0.445 e. The van der Waals surface area contributed by atoms with Crippen molar-refractivity contribution in [1.82, 2.24) is 30.0 Å². The molecule has 0 bridgehead atoms. The van der Waals surface area contributed by atoms with E-state index in [4.69, 9.17) is 9.47 Å². The minimum atomic E-state index is -0.618. The van der Waals surface area contributed by atoms with Crippen LogP contribution in [0.4, 0.5) is 25.1 Å². The summed E-state index contributed by atoms with van der Waals surface area (Å²) in [5.74, 6) is 5.93. The number of fused-ring (bicyclic) bond motifs is 2. The van der Waals surface area contributed by atoms with Crippen molar-refractivity contribution < 1.29 is 23.0 Å². The van der Waals surface area contributed by atoms with Gasteiger partial charge in [0.25, 0.3) is 0 Å². The quantitative estimate of drug-likeness (QED) is 0.275. The molecule has 224 valence electrons. The van der Waals surface area contributed by atoms with Crippen molar-refractivity contribution in [1.29, 1.82) is 0 Å². The first-order chi connectivity index (χ1) is 21.5. The number of thiophene rings is 1. The van der Waals surface area contributed by atoms with Crippen LogP contribution in [0.3, 0.4) is 0 Å². The summed E-state index contributed by atoms with van der Waals surface area (Å²) in [5, 5.41) is 12.0. The molecule has 5 heterocycles. The molecule has 2 N–H and O–H groups in total. The smallest absolute Gasteiger partial charge is 0.410 e. The number of amides is 1. The summed E-state index contributed by atoms with van der Waals surface area (Å²) in [6.07, 6.45) is 3.33. The molecular formula is C31H27F2N7O3S. The molecule has 0 radical (unpaired) electrons. The van der Waals surface area contributed by atoms with Crippen LogP contribution in [0.15, 0.2) is 55.0 Å². The van der Waals surface area contributed by atoms with Crippen molar-refractivity contribution >= 4 is 50.1 Å². The highest BCUT2D eigenvalue weighted by atomic mass is 32.1. The maximum atomic E-state index is 13.6. The van der Waals surface area contributed by atoms with E-state index in [0.29, 0.717) is 50.7 Å². The fourth-order valence-electron chi connectivity index (χ4n) is 5.33. The van der Waals surface area contributed by atoms with E-state index in [9.17, 15) is 13.6 Å². The molecule has 2 aliphatic heterocycles. The lowest BCUT2D eigenvalue weighted by Crippen LogP contribution is -2.42. The number of aromatic nitrogens is 4. The van der Waals surface area contributed by atoms with E-state index in [0.717, 1.165) is 37.8 Å². The first-order valence-corrected chi connectivity index (χ1v) is 15.0. The minimum Gasteiger partial charge on any atom is -0.445 e. The Kier molecular flexibility index (Phi) is 7.78. The number of nitrogens with one attached hydrogen (secondary N) is 2. The summed E-state index contributed by atoms with van der Waals surface area (Å²) >= 11 is 1.50. The molecule has 10 nitrogen and oxygen atoms in total. The van der Waals surface area contributed by atoms with Crippen LogP contribution in [0.2, 0.25) is 0 Å². The van der Waals surface area contributed by atoms with E-state index in [2.05, 4.69) is 37.5 Å². The second-order valence-electron chi connectivity index (χ2n) is 10.6. The van der Waals surface area contributed by atoms with Crippen LogP contribution in [0.5, 0.6) is 0 Å². The molecule has 0 saturated carbocycles. The number of hydrogen-bond donors (Lipinski definition) is 2. The molecule has 13 heteroatoms. The van der Waals surface area contributed by atoms with Gasteiger partial charge < -0.3 is 19.7 Å². The molecule has 44 heavy (non-hydrogen) atoms. The molecule has 0 spiro atoms. The second kappa shape index (κ2) is 12.2. The Morgan fingerprint density at radius 2 is 1.98 bits per heavy atom. The second-order valence-corrected chi connectivity index (χ2v) is 11.6. The van der Waals surface area contributed by atoms with Gasteiger partial charge in [-0.2, -0.15) is 5.10 Å². The lowest BCUT2D eigenvalue weighted by atomic mass is 10.2. The molecule has 1 amide bonds. The summed E-state index contributed by atoms with van der Waals surface area (Å²) in [7, 11) is 0. The Morgan fingerprint density at radius 1 is 1.14 bits per heavy atom. The third-order valence-corrected chi connectivity index (χ3v) is 8.51.